The third-order valence-electron chi connectivity index (χ3n) is 5.14. The van der Waals surface area contributed by atoms with Crippen LogP contribution in [0.15, 0.2) is 47.4 Å². The Labute approximate surface area is 190 Å². The normalized spacial score (nSPS) is 12.1. The number of hydrogen-bond acceptors (Lipinski definition) is 7. The summed E-state index contributed by atoms with van der Waals surface area (Å²) in [6.45, 7) is 2.61. The van der Waals surface area contributed by atoms with Crippen molar-refractivity contribution in [3.63, 3.8) is 0 Å². The van der Waals surface area contributed by atoms with E-state index in [4.69, 9.17) is 4.74 Å². The zero-order valence-corrected chi connectivity index (χ0v) is 19.7. The average molecular weight is 473 g/mol. The molecule has 32 heavy (non-hydrogen) atoms. The summed E-state index contributed by atoms with van der Waals surface area (Å²) in [5.74, 6) is 0.255. The third-order valence-corrected chi connectivity index (χ3v) is 8.04. The van der Waals surface area contributed by atoms with Crippen molar-refractivity contribution in [2.45, 2.75) is 37.8 Å². The highest BCUT2D eigenvalue weighted by Crippen LogP contribution is 2.24. The van der Waals surface area contributed by atoms with Crippen LogP contribution in [0.5, 0.6) is 0 Å². The number of carbonyl (C=O) groups is 1. The molecule has 0 N–H and O–H groups in total. The number of thiazole rings is 1. The Hall–Kier alpha value is -2.82. The number of imidazole rings is 1. The minimum absolute atomic E-state index is 0.0248. The molecular formula is C22H24N4O4S2. The van der Waals surface area contributed by atoms with Gasteiger partial charge in [-0.15, -0.1) is 11.3 Å². The molecule has 10 heteroatoms. The van der Waals surface area contributed by atoms with Gasteiger partial charge in [0.25, 0.3) is 0 Å². The summed E-state index contributed by atoms with van der Waals surface area (Å²) in [5.41, 5.74) is 2.29. The third kappa shape index (κ3) is 4.38. The van der Waals surface area contributed by atoms with Crippen LogP contribution in [0, 0.1) is 0 Å². The summed E-state index contributed by atoms with van der Waals surface area (Å²) in [6, 6.07) is 12.7. The van der Waals surface area contributed by atoms with Crippen LogP contribution in [0.25, 0.3) is 21.3 Å². The van der Waals surface area contributed by atoms with Gasteiger partial charge in [-0.1, -0.05) is 12.1 Å². The van der Waals surface area contributed by atoms with Gasteiger partial charge in [0.05, 0.1) is 37.6 Å². The number of carbonyl (C=O) groups excluding carboxylic acids is 1. The van der Waals surface area contributed by atoms with Crippen LogP contribution < -0.4 is 0 Å². The molecule has 4 aromatic rings. The number of benzene rings is 2. The maximum atomic E-state index is 12.4. The Kier molecular flexibility index (Phi) is 6.27. The van der Waals surface area contributed by atoms with Crippen LogP contribution in [0.1, 0.15) is 24.2 Å². The van der Waals surface area contributed by atoms with Crippen molar-refractivity contribution in [1.29, 1.82) is 0 Å². The second-order valence-corrected chi connectivity index (χ2v) is 10.7. The highest BCUT2D eigenvalue weighted by molar-refractivity contribution is 7.89. The summed E-state index contributed by atoms with van der Waals surface area (Å²) in [5, 5.41) is 0.901. The van der Waals surface area contributed by atoms with E-state index in [0.29, 0.717) is 24.3 Å². The highest BCUT2D eigenvalue weighted by Gasteiger charge is 2.20. The smallest absolute Gasteiger partial charge is 0.306 e. The molecule has 0 amide bonds. The molecule has 0 aliphatic rings. The van der Waals surface area contributed by atoms with Gasteiger partial charge < -0.3 is 9.30 Å². The number of fused-ring (bicyclic) bond motifs is 2. The van der Waals surface area contributed by atoms with Crippen LogP contribution in [0.2, 0.25) is 0 Å². The topological polar surface area (TPSA) is 94.4 Å². The van der Waals surface area contributed by atoms with Crippen molar-refractivity contribution in [1.82, 2.24) is 18.8 Å². The van der Waals surface area contributed by atoms with E-state index in [0.717, 1.165) is 20.7 Å². The predicted octanol–water partition coefficient (Wildman–Crippen LogP) is 3.59. The molecule has 0 radical (unpaired) electrons. The van der Waals surface area contributed by atoms with Crippen molar-refractivity contribution >= 4 is 48.6 Å². The molecule has 0 spiro atoms. The van der Waals surface area contributed by atoms with Gasteiger partial charge in [0.1, 0.15) is 12.4 Å². The first-order valence-corrected chi connectivity index (χ1v) is 12.5. The largest absolute Gasteiger partial charge is 0.457 e. The maximum absolute atomic E-state index is 12.4. The Bertz CT molecular complexity index is 1360. The number of rotatable bonds is 8. The number of para-hydroxylation sites is 1. The standard InChI is InChI=1S/C22H24N4O4S2/c1-4-26-18-10-9-15(32(28,29)25(2)3)13-17(18)23-20(26)14-30-22(27)12-11-21-24-16-7-5-6-8-19(16)31-21/h5-10,13H,4,11-12,14H2,1-3H3. The SMILES string of the molecule is CCn1c(COC(=O)CCc2nc3ccccc3s2)nc2cc(S(=O)(=O)N(C)C)ccc21. The first-order chi connectivity index (χ1) is 15.3. The molecule has 0 unspecified atom stereocenters. The average Bonchev–Trinajstić information content (AvgIpc) is 3.35. The first kappa shape index (κ1) is 22.4. The van der Waals surface area contributed by atoms with Gasteiger partial charge in [-0.25, -0.2) is 22.7 Å². The van der Waals surface area contributed by atoms with E-state index >= 15 is 0 Å². The van der Waals surface area contributed by atoms with Gasteiger partial charge in [-0.05, 0) is 37.3 Å². The number of nitrogens with zero attached hydrogens (tertiary/aromatic N) is 4. The molecule has 2 aromatic heterocycles. The van der Waals surface area contributed by atoms with Crippen LogP contribution in [-0.4, -0.2) is 47.3 Å². The zero-order chi connectivity index (χ0) is 22.9. The fourth-order valence-corrected chi connectivity index (χ4v) is 5.34. The van der Waals surface area contributed by atoms with Crippen molar-refractivity contribution in [2.24, 2.45) is 0 Å². The lowest BCUT2D eigenvalue weighted by molar-refractivity contribution is -0.145. The van der Waals surface area contributed by atoms with Gasteiger partial charge in [0, 0.05) is 27.1 Å². The van der Waals surface area contributed by atoms with E-state index in [-0.39, 0.29) is 23.9 Å². The lowest BCUT2D eigenvalue weighted by atomic mass is 10.3. The molecule has 2 heterocycles. The number of ether oxygens (including phenoxy) is 1. The monoisotopic (exact) mass is 472 g/mol. The first-order valence-electron chi connectivity index (χ1n) is 10.2. The van der Waals surface area contributed by atoms with E-state index < -0.39 is 10.0 Å². The lowest BCUT2D eigenvalue weighted by Gasteiger charge is -2.11. The second kappa shape index (κ2) is 8.97. The summed E-state index contributed by atoms with van der Waals surface area (Å²) in [7, 11) is -0.575. The van der Waals surface area contributed by atoms with Gasteiger partial charge in [-0.2, -0.15) is 0 Å². The zero-order valence-electron chi connectivity index (χ0n) is 18.1. The van der Waals surface area contributed by atoms with Crippen LogP contribution in [0.4, 0.5) is 0 Å². The predicted molar refractivity (Wildman–Crippen MR) is 124 cm³/mol. The van der Waals surface area contributed by atoms with E-state index in [1.165, 1.54) is 18.4 Å². The van der Waals surface area contributed by atoms with Crippen LogP contribution >= 0.6 is 11.3 Å². The van der Waals surface area contributed by atoms with Gasteiger partial charge in [-0.3, -0.25) is 4.79 Å². The molecule has 168 valence electrons. The highest BCUT2D eigenvalue weighted by atomic mass is 32.2. The number of aryl methyl sites for hydroxylation is 2. The summed E-state index contributed by atoms with van der Waals surface area (Å²) < 4.78 is 34.5. The van der Waals surface area contributed by atoms with Crippen molar-refractivity contribution < 1.29 is 17.9 Å². The fourth-order valence-electron chi connectivity index (χ4n) is 3.45. The molecule has 4 rings (SSSR count). The Morgan fingerprint density at radius 3 is 2.62 bits per heavy atom. The minimum Gasteiger partial charge on any atom is -0.457 e. The summed E-state index contributed by atoms with van der Waals surface area (Å²) in [4.78, 5) is 21.6. The molecule has 2 aromatic carbocycles. The second-order valence-electron chi connectivity index (χ2n) is 7.45. The van der Waals surface area contributed by atoms with Gasteiger partial charge in [0.2, 0.25) is 10.0 Å². The fraction of sp³-hybridized carbons (Fsp3) is 0.318. The van der Waals surface area contributed by atoms with Crippen molar-refractivity contribution in [3.05, 3.63) is 53.3 Å². The van der Waals surface area contributed by atoms with Crippen LogP contribution in [-0.2, 0) is 39.1 Å². The Morgan fingerprint density at radius 1 is 1.12 bits per heavy atom. The number of aromatic nitrogens is 3. The van der Waals surface area contributed by atoms with Crippen molar-refractivity contribution in [3.8, 4) is 0 Å². The summed E-state index contributed by atoms with van der Waals surface area (Å²) >= 11 is 1.58. The van der Waals surface area contributed by atoms with Crippen molar-refractivity contribution in [2.75, 3.05) is 14.1 Å². The summed E-state index contributed by atoms with van der Waals surface area (Å²) in [6.07, 6.45) is 0.755. The molecule has 0 saturated heterocycles. The molecule has 0 fully saturated rings. The number of sulfonamides is 1. The quantitative estimate of drug-likeness (QED) is 0.364. The van der Waals surface area contributed by atoms with E-state index in [9.17, 15) is 13.2 Å². The van der Waals surface area contributed by atoms with E-state index in [2.05, 4.69) is 9.97 Å². The van der Waals surface area contributed by atoms with E-state index in [1.807, 2.05) is 35.8 Å². The van der Waals surface area contributed by atoms with Gasteiger partial charge >= 0.3 is 5.97 Å². The molecule has 0 bridgehead atoms. The molecule has 0 aliphatic carbocycles. The molecule has 8 nitrogen and oxygen atoms in total. The molecule has 0 atom stereocenters. The lowest BCUT2D eigenvalue weighted by Crippen LogP contribution is -2.22. The van der Waals surface area contributed by atoms with Crippen LogP contribution in [0.3, 0.4) is 0 Å². The molecular weight excluding hydrogens is 448 g/mol. The maximum Gasteiger partial charge on any atom is 0.306 e. The minimum atomic E-state index is -3.55. The number of esters is 1. The Morgan fingerprint density at radius 2 is 1.91 bits per heavy atom. The van der Waals surface area contributed by atoms with E-state index in [1.54, 1.807) is 29.5 Å². The van der Waals surface area contributed by atoms with Gasteiger partial charge in [0.15, 0.2) is 0 Å². The molecule has 0 aliphatic heterocycles. The Balaban J connectivity index is 1.45. The number of hydrogen-bond donors (Lipinski definition) is 0. The molecule has 0 saturated carbocycles.